The number of nitrogens with zero attached hydrogens (tertiary/aromatic N) is 1. The van der Waals surface area contributed by atoms with Crippen LogP contribution in [-0.4, -0.2) is 41.7 Å². The molecule has 2 aromatic rings. The van der Waals surface area contributed by atoms with Crippen LogP contribution >= 0.6 is 11.6 Å². The predicted molar refractivity (Wildman–Crippen MR) is 119 cm³/mol. The zero-order chi connectivity index (χ0) is 21.1. The van der Waals surface area contributed by atoms with Gasteiger partial charge in [-0.3, -0.25) is 9.69 Å². The lowest BCUT2D eigenvalue weighted by Crippen LogP contribution is -2.56. The Bertz CT molecular complexity index is 888. The summed E-state index contributed by atoms with van der Waals surface area (Å²) in [6, 6.07) is 15.0. The van der Waals surface area contributed by atoms with E-state index >= 15 is 0 Å². The molecule has 2 aromatic carbocycles. The second kappa shape index (κ2) is 8.96. The molecule has 3 atom stereocenters. The number of hydrogen-bond donors (Lipinski definition) is 2. The quantitative estimate of drug-likeness (QED) is 0.727. The minimum atomic E-state index is -0.674. The summed E-state index contributed by atoms with van der Waals surface area (Å²) in [4.78, 5) is 15.1. The van der Waals surface area contributed by atoms with E-state index in [2.05, 4.69) is 16.3 Å². The molecule has 160 valence electrons. The summed E-state index contributed by atoms with van der Waals surface area (Å²) in [6.07, 6.45) is 4.63. The molecule has 2 aliphatic rings. The number of fused-ring (bicyclic) bond motifs is 1. The van der Waals surface area contributed by atoms with Crippen LogP contribution < -0.4 is 10.1 Å². The number of benzene rings is 2. The lowest BCUT2D eigenvalue weighted by molar-refractivity contribution is -0.135. The van der Waals surface area contributed by atoms with Crippen molar-refractivity contribution in [1.29, 1.82) is 0 Å². The summed E-state index contributed by atoms with van der Waals surface area (Å²) in [7, 11) is 1.67. The zero-order valence-electron chi connectivity index (χ0n) is 17.3. The SMILES string of the molecule is COc1ccccc1[C@@H]1[C@@H]2CCCC[C@]2(O)CCN1CC(=O)Nc1ccc(Cl)cc1. The largest absolute Gasteiger partial charge is 0.496 e. The summed E-state index contributed by atoms with van der Waals surface area (Å²) in [5.41, 5.74) is 1.10. The van der Waals surface area contributed by atoms with Gasteiger partial charge in [0.2, 0.25) is 5.91 Å². The zero-order valence-corrected chi connectivity index (χ0v) is 18.1. The van der Waals surface area contributed by atoms with Crippen molar-refractivity contribution in [3.05, 3.63) is 59.1 Å². The molecule has 1 amide bonds. The van der Waals surface area contributed by atoms with Gasteiger partial charge < -0.3 is 15.2 Å². The molecule has 4 rings (SSSR count). The molecular formula is C24H29ClN2O3. The maximum absolute atomic E-state index is 12.9. The van der Waals surface area contributed by atoms with Gasteiger partial charge in [-0.15, -0.1) is 0 Å². The van der Waals surface area contributed by atoms with Gasteiger partial charge >= 0.3 is 0 Å². The fraction of sp³-hybridized carbons (Fsp3) is 0.458. The standard InChI is InChI=1S/C24H29ClN2O3/c1-30-21-8-3-2-6-19(21)23-20-7-4-5-13-24(20,29)14-15-27(23)16-22(28)26-18-11-9-17(25)10-12-18/h2-3,6,8-12,20,23,29H,4-5,7,13-16H2,1H3,(H,26,28)/t20-,23+,24-/m0/s1. The lowest BCUT2D eigenvalue weighted by atomic mass is 9.66. The van der Waals surface area contributed by atoms with Crippen LogP contribution in [0.15, 0.2) is 48.5 Å². The highest BCUT2D eigenvalue weighted by Gasteiger charge is 2.49. The Morgan fingerprint density at radius 1 is 1.20 bits per heavy atom. The summed E-state index contributed by atoms with van der Waals surface area (Å²) in [5, 5.41) is 15.0. The predicted octanol–water partition coefficient (Wildman–Crippen LogP) is 4.66. The molecule has 1 aliphatic heterocycles. The van der Waals surface area contributed by atoms with Crippen LogP contribution in [0.25, 0.3) is 0 Å². The molecule has 1 heterocycles. The molecule has 30 heavy (non-hydrogen) atoms. The van der Waals surface area contributed by atoms with Gasteiger partial charge in [0.25, 0.3) is 0 Å². The molecule has 5 nitrogen and oxygen atoms in total. The first-order chi connectivity index (χ1) is 14.5. The van der Waals surface area contributed by atoms with E-state index in [4.69, 9.17) is 16.3 Å². The van der Waals surface area contributed by atoms with Crippen LogP contribution in [0, 0.1) is 5.92 Å². The highest BCUT2D eigenvalue weighted by Crippen LogP contribution is 2.50. The van der Waals surface area contributed by atoms with Crippen molar-refractivity contribution < 1.29 is 14.6 Å². The van der Waals surface area contributed by atoms with E-state index in [0.29, 0.717) is 18.0 Å². The molecule has 1 saturated carbocycles. The van der Waals surface area contributed by atoms with Gasteiger partial charge in [0.05, 0.1) is 19.3 Å². The molecule has 0 radical (unpaired) electrons. The fourth-order valence-electron chi connectivity index (χ4n) is 5.16. The van der Waals surface area contributed by atoms with Gasteiger partial charge in [0, 0.05) is 34.8 Å². The van der Waals surface area contributed by atoms with Crippen molar-refractivity contribution in [3.8, 4) is 5.75 Å². The second-order valence-corrected chi connectivity index (χ2v) is 8.85. The van der Waals surface area contributed by atoms with E-state index in [1.807, 2.05) is 18.2 Å². The van der Waals surface area contributed by atoms with Crippen LogP contribution in [0.2, 0.25) is 5.02 Å². The molecule has 0 unspecified atom stereocenters. The maximum Gasteiger partial charge on any atom is 0.238 e. The van der Waals surface area contributed by atoms with Crippen molar-refractivity contribution in [2.24, 2.45) is 5.92 Å². The number of halogens is 1. The number of amides is 1. The number of piperidine rings is 1. The smallest absolute Gasteiger partial charge is 0.238 e. The van der Waals surface area contributed by atoms with Crippen LogP contribution in [0.4, 0.5) is 5.69 Å². The third-order valence-electron chi connectivity index (χ3n) is 6.60. The number of carbonyl (C=O) groups is 1. The highest BCUT2D eigenvalue weighted by atomic mass is 35.5. The van der Waals surface area contributed by atoms with Crippen molar-refractivity contribution in [1.82, 2.24) is 4.90 Å². The topological polar surface area (TPSA) is 61.8 Å². The molecule has 2 N–H and O–H groups in total. The number of rotatable bonds is 5. The Balaban J connectivity index is 1.60. The number of carbonyl (C=O) groups excluding carboxylic acids is 1. The van der Waals surface area contributed by atoms with Crippen LogP contribution in [0.3, 0.4) is 0 Å². The molecule has 2 fully saturated rings. The van der Waals surface area contributed by atoms with Crippen molar-refractivity contribution >= 4 is 23.2 Å². The van der Waals surface area contributed by atoms with E-state index in [9.17, 15) is 9.90 Å². The third kappa shape index (κ3) is 4.34. The van der Waals surface area contributed by atoms with Gasteiger partial charge in [-0.25, -0.2) is 0 Å². The van der Waals surface area contributed by atoms with Gasteiger partial charge in [-0.1, -0.05) is 42.6 Å². The van der Waals surface area contributed by atoms with Crippen LogP contribution in [-0.2, 0) is 4.79 Å². The first kappa shape index (κ1) is 21.2. The first-order valence-electron chi connectivity index (χ1n) is 10.6. The number of anilines is 1. The Morgan fingerprint density at radius 2 is 1.97 bits per heavy atom. The average Bonchev–Trinajstić information content (AvgIpc) is 2.75. The Morgan fingerprint density at radius 3 is 2.73 bits per heavy atom. The van der Waals surface area contributed by atoms with E-state index in [-0.39, 0.29) is 24.4 Å². The number of ether oxygens (including phenoxy) is 1. The molecule has 6 heteroatoms. The number of nitrogens with one attached hydrogen (secondary N) is 1. The van der Waals surface area contributed by atoms with Crippen LogP contribution in [0.1, 0.15) is 43.7 Å². The van der Waals surface area contributed by atoms with E-state index in [1.165, 1.54) is 0 Å². The number of methoxy groups -OCH3 is 1. The van der Waals surface area contributed by atoms with Crippen LogP contribution in [0.5, 0.6) is 5.75 Å². The Labute approximate surface area is 183 Å². The van der Waals surface area contributed by atoms with Crippen molar-refractivity contribution in [2.45, 2.75) is 43.7 Å². The molecular weight excluding hydrogens is 400 g/mol. The average molecular weight is 429 g/mol. The monoisotopic (exact) mass is 428 g/mol. The fourth-order valence-corrected chi connectivity index (χ4v) is 5.29. The number of likely N-dealkylation sites (tertiary alicyclic amines) is 1. The van der Waals surface area contributed by atoms with Crippen molar-refractivity contribution in [3.63, 3.8) is 0 Å². The minimum Gasteiger partial charge on any atom is -0.496 e. The van der Waals surface area contributed by atoms with Gasteiger partial charge in [0.1, 0.15) is 5.75 Å². The molecule has 1 aliphatic carbocycles. The molecule has 1 saturated heterocycles. The van der Waals surface area contributed by atoms with Gasteiger partial charge in [-0.2, -0.15) is 0 Å². The maximum atomic E-state index is 12.9. The van der Waals surface area contributed by atoms with E-state index in [0.717, 1.165) is 42.7 Å². The third-order valence-corrected chi connectivity index (χ3v) is 6.86. The summed E-state index contributed by atoms with van der Waals surface area (Å²) < 4.78 is 5.65. The number of hydrogen-bond acceptors (Lipinski definition) is 4. The second-order valence-electron chi connectivity index (χ2n) is 8.42. The summed E-state index contributed by atoms with van der Waals surface area (Å²) in [6.45, 7) is 0.932. The first-order valence-corrected chi connectivity index (χ1v) is 11.0. The summed E-state index contributed by atoms with van der Waals surface area (Å²) in [5.74, 6) is 0.818. The summed E-state index contributed by atoms with van der Waals surface area (Å²) >= 11 is 5.94. The number of aliphatic hydroxyl groups is 1. The Kier molecular flexibility index (Phi) is 6.32. The van der Waals surface area contributed by atoms with Crippen molar-refractivity contribution in [2.75, 3.05) is 25.5 Å². The highest BCUT2D eigenvalue weighted by molar-refractivity contribution is 6.30. The Hall–Kier alpha value is -2.08. The molecule has 0 aromatic heterocycles. The normalized spacial score (nSPS) is 26.6. The van der Waals surface area contributed by atoms with E-state index in [1.54, 1.807) is 31.4 Å². The number of para-hydroxylation sites is 1. The van der Waals surface area contributed by atoms with Gasteiger partial charge in [0.15, 0.2) is 0 Å². The molecule has 0 spiro atoms. The lowest BCUT2D eigenvalue weighted by Gasteiger charge is -2.52. The van der Waals surface area contributed by atoms with Gasteiger partial charge in [-0.05, 0) is 49.6 Å². The van der Waals surface area contributed by atoms with E-state index < -0.39 is 5.60 Å². The minimum absolute atomic E-state index is 0.0591. The molecule has 0 bridgehead atoms.